The van der Waals surface area contributed by atoms with Gasteiger partial charge in [0.15, 0.2) is 0 Å². The molecular weight excluding hydrogens is 288 g/mol. The van der Waals surface area contributed by atoms with Gasteiger partial charge in [0.25, 0.3) is 0 Å². The second-order valence-electron chi connectivity index (χ2n) is 3.78. The molecule has 16 heavy (non-hydrogen) atoms. The van der Waals surface area contributed by atoms with Crippen LogP contribution in [0.3, 0.4) is 0 Å². The Morgan fingerprint density at radius 3 is 2.50 bits per heavy atom. The topological polar surface area (TPSA) is 17.8 Å². The second-order valence-corrected chi connectivity index (χ2v) is 4.98. The van der Waals surface area contributed by atoms with E-state index in [9.17, 15) is 0 Å². The van der Waals surface area contributed by atoms with E-state index in [4.69, 9.17) is 11.6 Å². The maximum Gasteiger partial charge on any atom is 0.0743 e. The Hall–Kier alpha value is -0.800. The maximum absolute atomic E-state index is 6.11. The molecule has 0 aliphatic carbocycles. The van der Waals surface area contributed by atoms with Gasteiger partial charge in [-0.25, -0.2) is 4.68 Å². The van der Waals surface area contributed by atoms with Gasteiger partial charge in [0.1, 0.15) is 0 Å². The first-order valence-corrected chi connectivity index (χ1v) is 6.16. The SMILES string of the molecule is Cc1nn(-c2cccc(Cl)c2C)c(C)c1Br. The zero-order valence-corrected chi connectivity index (χ0v) is 11.7. The van der Waals surface area contributed by atoms with E-state index in [0.29, 0.717) is 0 Å². The van der Waals surface area contributed by atoms with Crippen molar-refractivity contribution in [2.75, 3.05) is 0 Å². The highest BCUT2D eigenvalue weighted by atomic mass is 79.9. The minimum absolute atomic E-state index is 0.765. The molecule has 0 aliphatic heterocycles. The van der Waals surface area contributed by atoms with E-state index >= 15 is 0 Å². The van der Waals surface area contributed by atoms with Crippen LogP contribution in [-0.4, -0.2) is 9.78 Å². The fourth-order valence-electron chi connectivity index (χ4n) is 1.68. The van der Waals surface area contributed by atoms with Crippen molar-refractivity contribution >= 4 is 27.5 Å². The van der Waals surface area contributed by atoms with Crippen LogP contribution in [0.4, 0.5) is 0 Å². The van der Waals surface area contributed by atoms with Crippen LogP contribution in [0.2, 0.25) is 5.02 Å². The highest BCUT2D eigenvalue weighted by molar-refractivity contribution is 9.10. The lowest BCUT2D eigenvalue weighted by Crippen LogP contribution is -2.01. The van der Waals surface area contributed by atoms with Gasteiger partial charge in [0.05, 0.1) is 21.5 Å². The van der Waals surface area contributed by atoms with E-state index in [1.165, 1.54) is 0 Å². The third kappa shape index (κ3) is 1.78. The molecule has 84 valence electrons. The Labute approximate surface area is 108 Å². The lowest BCUT2D eigenvalue weighted by atomic mass is 10.2. The Bertz CT molecular complexity index is 546. The van der Waals surface area contributed by atoms with Crippen molar-refractivity contribution in [2.45, 2.75) is 20.8 Å². The molecule has 0 atom stereocenters. The predicted octanol–water partition coefficient (Wildman–Crippen LogP) is 4.21. The molecule has 0 fully saturated rings. The average Bonchev–Trinajstić information content (AvgIpc) is 2.50. The number of hydrogen-bond donors (Lipinski definition) is 0. The van der Waals surface area contributed by atoms with E-state index in [1.807, 2.05) is 43.7 Å². The molecule has 2 rings (SSSR count). The summed E-state index contributed by atoms with van der Waals surface area (Å²) in [5.74, 6) is 0. The molecule has 0 bridgehead atoms. The van der Waals surface area contributed by atoms with Gasteiger partial charge in [0.2, 0.25) is 0 Å². The summed E-state index contributed by atoms with van der Waals surface area (Å²) in [4.78, 5) is 0. The first kappa shape index (κ1) is 11.7. The highest BCUT2D eigenvalue weighted by Gasteiger charge is 2.12. The lowest BCUT2D eigenvalue weighted by Gasteiger charge is -2.09. The summed E-state index contributed by atoms with van der Waals surface area (Å²) in [6.45, 7) is 6.01. The summed E-state index contributed by atoms with van der Waals surface area (Å²) < 4.78 is 2.97. The van der Waals surface area contributed by atoms with Gasteiger partial charge in [-0.15, -0.1) is 0 Å². The van der Waals surface area contributed by atoms with Crippen molar-refractivity contribution < 1.29 is 0 Å². The van der Waals surface area contributed by atoms with Crippen LogP contribution < -0.4 is 0 Å². The minimum Gasteiger partial charge on any atom is -0.236 e. The zero-order valence-electron chi connectivity index (χ0n) is 9.38. The molecule has 2 nitrogen and oxygen atoms in total. The van der Waals surface area contributed by atoms with Gasteiger partial charge < -0.3 is 0 Å². The normalized spacial score (nSPS) is 10.8. The van der Waals surface area contributed by atoms with Crippen molar-refractivity contribution in [1.82, 2.24) is 9.78 Å². The number of nitrogens with zero attached hydrogens (tertiary/aromatic N) is 2. The quantitative estimate of drug-likeness (QED) is 0.771. The van der Waals surface area contributed by atoms with Crippen molar-refractivity contribution in [2.24, 2.45) is 0 Å². The van der Waals surface area contributed by atoms with Crippen LogP contribution in [0.5, 0.6) is 0 Å². The van der Waals surface area contributed by atoms with Gasteiger partial charge in [-0.3, -0.25) is 0 Å². The van der Waals surface area contributed by atoms with Crippen molar-refractivity contribution in [3.63, 3.8) is 0 Å². The van der Waals surface area contributed by atoms with Gasteiger partial charge in [-0.05, 0) is 54.4 Å². The van der Waals surface area contributed by atoms with E-state index in [0.717, 1.165) is 32.1 Å². The summed E-state index contributed by atoms with van der Waals surface area (Å²) in [7, 11) is 0. The van der Waals surface area contributed by atoms with Gasteiger partial charge in [-0.2, -0.15) is 5.10 Å². The fraction of sp³-hybridized carbons (Fsp3) is 0.250. The molecule has 2 aromatic rings. The number of benzene rings is 1. The van der Waals surface area contributed by atoms with E-state index in [-0.39, 0.29) is 0 Å². The third-order valence-electron chi connectivity index (χ3n) is 2.67. The summed E-state index contributed by atoms with van der Waals surface area (Å²) in [6, 6.07) is 5.85. The first-order chi connectivity index (χ1) is 7.52. The van der Waals surface area contributed by atoms with Gasteiger partial charge in [-0.1, -0.05) is 17.7 Å². The van der Waals surface area contributed by atoms with E-state index in [1.54, 1.807) is 0 Å². The average molecular weight is 300 g/mol. The largest absolute Gasteiger partial charge is 0.236 e. The van der Waals surface area contributed by atoms with Crippen molar-refractivity contribution in [3.05, 3.63) is 44.6 Å². The Kier molecular flexibility index (Phi) is 3.08. The van der Waals surface area contributed by atoms with Gasteiger partial charge in [0, 0.05) is 5.02 Å². The molecule has 0 saturated carbocycles. The first-order valence-electron chi connectivity index (χ1n) is 4.99. The third-order valence-corrected chi connectivity index (χ3v) is 4.23. The summed E-state index contributed by atoms with van der Waals surface area (Å²) in [5.41, 5.74) is 4.14. The molecule has 0 saturated heterocycles. The molecule has 1 heterocycles. The Balaban J connectivity index is 2.68. The number of aryl methyl sites for hydroxylation is 1. The second kappa shape index (κ2) is 4.22. The molecule has 1 aromatic heterocycles. The summed E-state index contributed by atoms with van der Waals surface area (Å²) in [6.07, 6.45) is 0. The van der Waals surface area contributed by atoms with Crippen LogP contribution in [-0.2, 0) is 0 Å². The molecule has 0 amide bonds. The molecule has 0 spiro atoms. The number of hydrogen-bond acceptors (Lipinski definition) is 1. The summed E-state index contributed by atoms with van der Waals surface area (Å²) in [5, 5.41) is 5.26. The predicted molar refractivity (Wildman–Crippen MR) is 70.5 cm³/mol. The number of halogens is 2. The minimum atomic E-state index is 0.765. The molecule has 0 unspecified atom stereocenters. The standard InChI is InChI=1S/C12H12BrClN2/c1-7-10(14)5-4-6-11(7)16-9(3)12(13)8(2)15-16/h4-6H,1-3H3. The van der Waals surface area contributed by atoms with Crippen LogP contribution >= 0.6 is 27.5 Å². The number of aromatic nitrogens is 2. The molecule has 0 radical (unpaired) electrons. The highest BCUT2D eigenvalue weighted by Crippen LogP contribution is 2.27. The Morgan fingerprint density at radius 2 is 1.94 bits per heavy atom. The Morgan fingerprint density at radius 1 is 1.25 bits per heavy atom. The van der Waals surface area contributed by atoms with Crippen LogP contribution in [0, 0.1) is 20.8 Å². The maximum atomic E-state index is 6.11. The summed E-state index contributed by atoms with van der Waals surface area (Å²) >= 11 is 9.63. The van der Waals surface area contributed by atoms with Crippen LogP contribution in [0.25, 0.3) is 5.69 Å². The molecule has 1 aromatic carbocycles. The lowest BCUT2D eigenvalue weighted by molar-refractivity contribution is 0.827. The molecular formula is C12H12BrClN2. The van der Waals surface area contributed by atoms with Crippen molar-refractivity contribution in [1.29, 1.82) is 0 Å². The fourth-order valence-corrected chi connectivity index (χ4v) is 2.10. The van der Waals surface area contributed by atoms with Crippen LogP contribution in [0.1, 0.15) is 17.0 Å². The van der Waals surface area contributed by atoms with E-state index in [2.05, 4.69) is 21.0 Å². The monoisotopic (exact) mass is 298 g/mol. The van der Waals surface area contributed by atoms with E-state index < -0.39 is 0 Å². The number of rotatable bonds is 1. The zero-order chi connectivity index (χ0) is 11.9. The molecule has 0 N–H and O–H groups in total. The van der Waals surface area contributed by atoms with Gasteiger partial charge >= 0.3 is 0 Å². The smallest absolute Gasteiger partial charge is 0.0743 e. The van der Waals surface area contributed by atoms with Crippen LogP contribution in [0.15, 0.2) is 22.7 Å². The molecule has 0 aliphatic rings. The van der Waals surface area contributed by atoms with Crippen molar-refractivity contribution in [3.8, 4) is 5.69 Å². The molecule has 4 heteroatoms.